The van der Waals surface area contributed by atoms with Gasteiger partial charge in [0.2, 0.25) is 5.60 Å². The molecule has 1 saturated heterocycles. The quantitative estimate of drug-likeness (QED) is 0.0375. The molecule has 3 amide bonds. The van der Waals surface area contributed by atoms with Gasteiger partial charge in [-0.25, -0.2) is 14.6 Å². The number of carboxylic acid groups (broad SMARTS) is 2. The van der Waals surface area contributed by atoms with Gasteiger partial charge in [0.25, 0.3) is 17.7 Å². The van der Waals surface area contributed by atoms with Crippen molar-refractivity contribution < 1.29 is 49.2 Å². The molecule has 3 heterocycles. The van der Waals surface area contributed by atoms with E-state index in [0.717, 1.165) is 48.0 Å². The van der Waals surface area contributed by atoms with E-state index >= 15 is 0 Å². The van der Waals surface area contributed by atoms with Crippen molar-refractivity contribution in [3.05, 3.63) is 44.0 Å². The van der Waals surface area contributed by atoms with Gasteiger partial charge in [0.05, 0.1) is 15.6 Å². The van der Waals surface area contributed by atoms with E-state index in [-0.39, 0.29) is 57.5 Å². The molecule has 1 aromatic heterocycles. The number of carboxylic acids is 2. The highest BCUT2D eigenvalue weighted by molar-refractivity contribution is 8.00. The monoisotopic (exact) mass is 815 g/mol. The fourth-order valence-corrected chi connectivity index (χ4v) is 7.62. The predicted octanol–water partition coefficient (Wildman–Crippen LogP) is 3.08. The van der Waals surface area contributed by atoms with E-state index in [1.54, 1.807) is 0 Å². The van der Waals surface area contributed by atoms with Gasteiger partial charge < -0.3 is 41.6 Å². The van der Waals surface area contributed by atoms with Crippen molar-refractivity contribution >= 4 is 86.8 Å². The van der Waals surface area contributed by atoms with Crippen LogP contribution in [0.4, 0.5) is 5.13 Å². The SMILES string of the molecule is CCCCCCN(CCNC(=O)c1cc(Cl)c(O)c(O)c1Cl)CC1=C(C(=O)O)N2C(=O)C(NC(=O)/C(=N\OC(C)(C)C(=O)O)c3csc(N)n3)C2SC1. The zero-order valence-corrected chi connectivity index (χ0v) is 32.0. The molecule has 2 aromatic rings. The van der Waals surface area contributed by atoms with Crippen molar-refractivity contribution in [1.29, 1.82) is 0 Å². The summed E-state index contributed by atoms with van der Waals surface area (Å²) in [6.07, 6.45) is 3.71. The maximum absolute atomic E-state index is 13.5. The van der Waals surface area contributed by atoms with Crippen molar-refractivity contribution in [3.8, 4) is 11.5 Å². The number of oxime groups is 1. The molecular weight excluding hydrogens is 777 g/mol. The van der Waals surface area contributed by atoms with Crippen molar-refractivity contribution in [2.45, 2.75) is 63.5 Å². The van der Waals surface area contributed by atoms with Crippen molar-refractivity contribution in [2.75, 3.05) is 37.7 Å². The minimum atomic E-state index is -1.80. The maximum atomic E-state index is 13.5. The molecule has 0 aliphatic carbocycles. The zero-order chi connectivity index (χ0) is 39.2. The van der Waals surface area contributed by atoms with Gasteiger partial charge in [0.1, 0.15) is 22.8 Å². The van der Waals surface area contributed by atoms with Crippen LogP contribution in [0.15, 0.2) is 27.9 Å². The largest absolute Gasteiger partial charge is 0.503 e. The third kappa shape index (κ3) is 9.63. The summed E-state index contributed by atoms with van der Waals surface area (Å²) < 4.78 is 0. The van der Waals surface area contributed by atoms with Gasteiger partial charge in [-0.3, -0.25) is 24.2 Å². The van der Waals surface area contributed by atoms with Crippen molar-refractivity contribution in [1.82, 2.24) is 25.4 Å². The lowest BCUT2D eigenvalue weighted by Crippen LogP contribution is -2.71. The number of aliphatic carboxylic acids is 2. The van der Waals surface area contributed by atoms with Crippen LogP contribution in [0.2, 0.25) is 10.0 Å². The molecule has 2 unspecified atom stereocenters. The van der Waals surface area contributed by atoms with Crippen LogP contribution in [-0.2, 0) is 24.0 Å². The number of thioether (sulfide) groups is 1. The number of unbranched alkanes of at least 4 members (excludes halogenated alkanes) is 3. The summed E-state index contributed by atoms with van der Waals surface area (Å²) in [5.74, 6) is -6.08. The first-order valence-electron chi connectivity index (χ1n) is 16.3. The Bertz CT molecular complexity index is 1840. The van der Waals surface area contributed by atoms with Crippen molar-refractivity contribution in [3.63, 3.8) is 0 Å². The van der Waals surface area contributed by atoms with E-state index < -0.39 is 63.9 Å². The number of amides is 3. The summed E-state index contributed by atoms with van der Waals surface area (Å²) >= 11 is 14.2. The number of anilines is 1. The molecule has 0 bridgehead atoms. The predicted molar refractivity (Wildman–Crippen MR) is 198 cm³/mol. The summed E-state index contributed by atoms with van der Waals surface area (Å²) in [5, 5.41) is 48.6. The molecule has 288 valence electrons. The number of halogens is 2. The molecule has 0 spiro atoms. The number of hydrogen-bond acceptors (Lipinski definition) is 14. The second kappa shape index (κ2) is 17.7. The molecule has 21 heteroatoms. The Hall–Kier alpha value is -4.30. The first-order chi connectivity index (χ1) is 25.0. The maximum Gasteiger partial charge on any atom is 0.352 e. The Labute approximate surface area is 322 Å². The highest BCUT2D eigenvalue weighted by Crippen LogP contribution is 2.42. The van der Waals surface area contributed by atoms with Crippen LogP contribution in [0.1, 0.15) is 62.5 Å². The first-order valence-corrected chi connectivity index (χ1v) is 19.0. The number of carbonyl (C=O) groups is 5. The third-order valence-corrected chi connectivity index (χ3v) is 10.9. The molecule has 17 nitrogen and oxygen atoms in total. The summed E-state index contributed by atoms with van der Waals surface area (Å²) in [4.78, 5) is 76.2. The van der Waals surface area contributed by atoms with E-state index in [4.69, 9.17) is 33.8 Å². The summed E-state index contributed by atoms with van der Waals surface area (Å²) in [5.41, 5.74) is 3.59. The average Bonchev–Trinajstić information content (AvgIpc) is 3.54. The zero-order valence-electron chi connectivity index (χ0n) is 28.9. The molecule has 1 fully saturated rings. The minimum absolute atomic E-state index is 0.0113. The van der Waals surface area contributed by atoms with Gasteiger partial charge in [-0.1, -0.05) is 54.5 Å². The molecule has 4 rings (SSSR count). The number of nitrogens with two attached hydrogens (primary N) is 1. The molecule has 53 heavy (non-hydrogen) atoms. The van der Waals surface area contributed by atoms with Gasteiger partial charge in [-0.15, -0.1) is 23.1 Å². The van der Waals surface area contributed by atoms with Gasteiger partial charge >= 0.3 is 11.9 Å². The number of aromatic nitrogens is 1. The highest BCUT2D eigenvalue weighted by atomic mass is 35.5. The Morgan fingerprint density at radius 3 is 2.49 bits per heavy atom. The molecule has 1 aromatic carbocycles. The number of nitrogens with zero attached hydrogens (tertiary/aromatic N) is 4. The lowest BCUT2D eigenvalue weighted by atomic mass is 10.0. The number of nitrogen functional groups attached to an aromatic ring is 1. The van der Waals surface area contributed by atoms with Crippen LogP contribution >= 0.6 is 46.3 Å². The number of fused-ring (bicyclic) bond motifs is 1. The second-order valence-electron chi connectivity index (χ2n) is 12.5. The van der Waals surface area contributed by atoms with Crippen LogP contribution < -0.4 is 16.4 Å². The Morgan fingerprint density at radius 2 is 1.87 bits per heavy atom. The van der Waals surface area contributed by atoms with Gasteiger partial charge in [-0.2, -0.15) is 0 Å². The van der Waals surface area contributed by atoms with E-state index in [1.807, 2.05) is 4.90 Å². The number of phenols is 2. The van der Waals surface area contributed by atoms with Gasteiger partial charge in [0.15, 0.2) is 22.3 Å². The van der Waals surface area contributed by atoms with E-state index in [0.29, 0.717) is 12.1 Å². The summed E-state index contributed by atoms with van der Waals surface area (Å²) in [6, 6.07) is -0.00999. The van der Waals surface area contributed by atoms with E-state index in [9.17, 15) is 44.4 Å². The van der Waals surface area contributed by atoms with E-state index in [2.05, 4.69) is 27.7 Å². The van der Waals surface area contributed by atoms with Crippen LogP contribution in [-0.4, -0.2) is 120 Å². The lowest BCUT2D eigenvalue weighted by Gasteiger charge is -2.49. The number of thiazole rings is 1. The van der Waals surface area contributed by atoms with Crippen LogP contribution in [0.25, 0.3) is 0 Å². The molecule has 2 aliphatic heterocycles. The smallest absolute Gasteiger partial charge is 0.352 e. The number of benzene rings is 1. The third-order valence-electron chi connectivity index (χ3n) is 8.26. The number of rotatable bonds is 18. The Morgan fingerprint density at radius 1 is 1.15 bits per heavy atom. The second-order valence-corrected chi connectivity index (χ2v) is 15.3. The first kappa shape index (κ1) is 41.5. The standard InChI is InChI=1S/C32H39Cl2N7O10S2/c1-4-5-6-7-9-40(10-8-36-25(44)16-11-17(33)23(42)24(43)19(16)34)12-15-13-52-28-21(27(46)41(28)22(15)29(47)48)38-26(45)20(18-14-53-31(35)37-18)39-51-32(2,3)30(49)50/h11,14,21,28,42-43H,4-10,12-13H2,1-3H3,(H2,35,37)(H,36,44)(H,38,45)(H,47,48)(H,49,50)/b39-20-. The average molecular weight is 817 g/mol. The molecule has 0 radical (unpaired) electrons. The normalized spacial score (nSPS) is 17.4. The fraction of sp³-hybridized carbons (Fsp3) is 0.469. The number of phenolic OH excluding ortho intramolecular Hbond substituents is 2. The fourth-order valence-electron chi connectivity index (χ4n) is 5.31. The minimum Gasteiger partial charge on any atom is -0.503 e. The number of nitrogens with one attached hydrogen (secondary N) is 2. The van der Waals surface area contributed by atoms with E-state index in [1.165, 1.54) is 31.0 Å². The number of aromatic hydroxyl groups is 2. The molecular formula is C32H39Cl2N7O10S2. The van der Waals surface area contributed by atoms with Crippen molar-refractivity contribution in [2.24, 2.45) is 5.16 Å². The van der Waals surface area contributed by atoms with Crippen LogP contribution in [0, 0.1) is 0 Å². The number of hydrogen-bond donors (Lipinski definition) is 7. The summed E-state index contributed by atoms with van der Waals surface area (Å²) in [7, 11) is 0. The van der Waals surface area contributed by atoms with Gasteiger partial charge in [0, 0.05) is 30.8 Å². The van der Waals surface area contributed by atoms with Gasteiger partial charge in [-0.05, 0) is 38.5 Å². The molecule has 0 saturated carbocycles. The summed E-state index contributed by atoms with van der Waals surface area (Å²) in [6.45, 7) is 5.64. The highest BCUT2D eigenvalue weighted by Gasteiger charge is 2.54. The number of β-lactam (4-membered cyclic amide) rings is 1. The molecule has 2 atom stereocenters. The molecule has 8 N–H and O–H groups in total. The molecule has 2 aliphatic rings. The lowest BCUT2D eigenvalue weighted by molar-refractivity contribution is -0.161. The number of carbonyl (C=O) groups excluding carboxylic acids is 3. The van der Waals surface area contributed by atoms with Crippen LogP contribution in [0.5, 0.6) is 11.5 Å². The van der Waals surface area contributed by atoms with Crippen LogP contribution in [0.3, 0.4) is 0 Å². The Balaban J connectivity index is 1.49. The Kier molecular flexibility index (Phi) is 13.8. The topological polar surface area (TPSA) is 257 Å².